The summed E-state index contributed by atoms with van der Waals surface area (Å²) in [4.78, 5) is 32.0. The normalized spacial score (nSPS) is 23.7. The first kappa shape index (κ1) is 21.1. The minimum atomic E-state index is -0.0924. The summed E-state index contributed by atoms with van der Waals surface area (Å²) in [6, 6.07) is 5.95. The highest BCUT2D eigenvalue weighted by atomic mass is 16.2. The Hall–Kier alpha value is -2.77. The fourth-order valence-corrected chi connectivity index (χ4v) is 5.60. The van der Waals surface area contributed by atoms with Crippen LogP contribution in [0.25, 0.3) is 0 Å². The van der Waals surface area contributed by atoms with Gasteiger partial charge in [0.2, 0.25) is 11.7 Å². The van der Waals surface area contributed by atoms with Gasteiger partial charge in [-0.2, -0.15) is 0 Å². The van der Waals surface area contributed by atoms with Crippen molar-refractivity contribution in [3.8, 4) is 0 Å². The lowest BCUT2D eigenvalue weighted by Crippen LogP contribution is -2.37. The molecule has 1 aliphatic carbocycles. The standard InChI is InChI=1S/C24H32N6O2/c31-21(16-19-8-4-5-13-25-19)29-14-11-24(17-29)10-9-20-27-28-22(30(20)15-12-24)23(32)26-18-6-2-1-3-7-18/h4-5,8,13,18H,1-3,6-7,9-12,14-17H2,(H,26,32)/t24-/m0/s1. The second kappa shape index (κ2) is 9.00. The number of likely N-dealkylation sites (tertiary alicyclic amines) is 1. The van der Waals surface area contributed by atoms with Crippen LogP contribution in [0.1, 0.15) is 73.5 Å². The molecule has 32 heavy (non-hydrogen) atoms. The topological polar surface area (TPSA) is 93.0 Å². The number of nitrogens with zero attached hydrogens (tertiary/aromatic N) is 5. The van der Waals surface area contributed by atoms with Crippen molar-refractivity contribution in [2.75, 3.05) is 13.1 Å². The number of amides is 2. The van der Waals surface area contributed by atoms with E-state index in [1.54, 1.807) is 6.20 Å². The monoisotopic (exact) mass is 436 g/mol. The van der Waals surface area contributed by atoms with Crippen LogP contribution in [-0.2, 0) is 24.2 Å². The molecule has 1 atom stereocenters. The second-order valence-electron chi connectivity index (χ2n) is 9.71. The third-order valence-corrected chi connectivity index (χ3v) is 7.57. The Labute approximate surface area is 188 Å². The van der Waals surface area contributed by atoms with Crippen molar-refractivity contribution in [1.29, 1.82) is 0 Å². The lowest BCUT2D eigenvalue weighted by molar-refractivity contribution is -0.129. The molecule has 170 valence electrons. The van der Waals surface area contributed by atoms with E-state index in [-0.39, 0.29) is 23.3 Å². The third-order valence-electron chi connectivity index (χ3n) is 7.57. The quantitative estimate of drug-likeness (QED) is 0.795. The zero-order valence-corrected chi connectivity index (χ0v) is 18.6. The molecule has 0 aromatic carbocycles. The van der Waals surface area contributed by atoms with Gasteiger partial charge in [-0.15, -0.1) is 10.2 Å². The van der Waals surface area contributed by atoms with Gasteiger partial charge >= 0.3 is 0 Å². The van der Waals surface area contributed by atoms with Crippen molar-refractivity contribution in [3.63, 3.8) is 0 Å². The molecule has 8 nitrogen and oxygen atoms in total. The molecule has 2 fully saturated rings. The van der Waals surface area contributed by atoms with E-state index in [0.29, 0.717) is 12.2 Å². The van der Waals surface area contributed by atoms with Crippen molar-refractivity contribution >= 4 is 11.8 Å². The van der Waals surface area contributed by atoms with Crippen LogP contribution >= 0.6 is 0 Å². The average molecular weight is 437 g/mol. The third kappa shape index (κ3) is 4.40. The summed E-state index contributed by atoms with van der Waals surface area (Å²) in [5, 5.41) is 11.8. The summed E-state index contributed by atoms with van der Waals surface area (Å²) in [7, 11) is 0. The van der Waals surface area contributed by atoms with Gasteiger partial charge in [0.15, 0.2) is 0 Å². The van der Waals surface area contributed by atoms with Gasteiger partial charge in [0.1, 0.15) is 5.82 Å². The van der Waals surface area contributed by atoms with Gasteiger partial charge in [0, 0.05) is 44.0 Å². The van der Waals surface area contributed by atoms with Crippen molar-refractivity contribution < 1.29 is 9.59 Å². The Bertz CT molecular complexity index is 968. The van der Waals surface area contributed by atoms with Crippen LogP contribution < -0.4 is 5.32 Å². The molecule has 2 aromatic heterocycles. The molecule has 8 heteroatoms. The SMILES string of the molecule is O=C(NC1CCCCC1)c1nnc2n1CC[C@]1(CC2)CCN(C(=O)Cc2ccccn2)C1. The molecule has 0 unspecified atom stereocenters. The summed E-state index contributed by atoms with van der Waals surface area (Å²) < 4.78 is 2.02. The first-order valence-corrected chi connectivity index (χ1v) is 12.0. The fraction of sp³-hybridized carbons (Fsp3) is 0.625. The van der Waals surface area contributed by atoms with E-state index in [4.69, 9.17) is 0 Å². The number of aromatic nitrogens is 4. The van der Waals surface area contributed by atoms with E-state index < -0.39 is 0 Å². The number of hydrogen-bond donors (Lipinski definition) is 1. The molecular weight excluding hydrogens is 404 g/mol. The first-order chi connectivity index (χ1) is 15.6. The van der Waals surface area contributed by atoms with Crippen LogP contribution in [0.5, 0.6) is 0 Å². The highest BCUT2D eigenvalue weighted by Crippen LogP contribution is 2.41. The predicted octanol–water partition coefficient (Wildman–Crippen LogP) is 2.53. The van der Waals surface area contributed by atoms with Crippen molar-refractivity contribution in [1.82, 2.24) is 30.0 Å². The molecule has 5 rings (SSSR count). The van der Waals surface area contributed by atoms with Crippen LogP contribution in [0, 0.1) is 5.41 Å². The van der Waals surface area contributed by atoms with Gasteiger partial charge in [-0.25, -0.2) is 0 Å². The molecular formula is C24H32N6O2. The zero-order valence-electron chi connectivity index (χ0n) is 18.6. The van der Waals surface area contributed by atoms with Crippen molar-refractivity contribution in [2.24, 2.45) is 5.41 Å². The molecule has 4 heterocycles. The summed E-state index contributed by atoms with van der Waals surface area (Å²) in [5.41, 5.74) is 0.913. The second-order valence-corrected chi connectivity index (χ2v) is 9.71. The maximum absolute atomic E-state index is 12.9. The average Bonchev–Trinajstić information content (AvgIpc) is 3.38. The number of nitrogens with one attached hydrogen (secondary N) is 1. The molecule has 2 aromatic rings. The van der Waals surface area contributed by atoms with Crippen LogP contribution in [0.3, 0.4) is 0 Å². The van der Waals surface area contributed by atoms with E-state index in [1.165, 1.54) is 19.3 Å². The molecule has 2 aliphatic heterocycles. The van der Waals surface area contributed by atoms with Crippen molar-refractivity contribution in [2.45, 2.75) is 76.8 Å². The Morgan fingerprint density at radius 1 is 1.06 bits per heavy atom. The molecule has 0 bridgehead atoms. The Morgan fingerprint density at radius 2 is 1.91 bits per heavy atom. The van der Waals surface area contributed by atoms with E-state index in [2.05, 4.69) is 20.5 Å². The Balaban J connectivity index is 1.21. The number of rotatable bonds is 4. The maximum atomic E-state index is 12.9. The molecule has 1 spiro atoms. The molecule has 1 saturated heterocycles. The van der Waals surface area contributed by atoms with Gasteiger partial charge in [0.05, 0.1) is 6.42 Å². The Morgan fingerprint density at radius 3 is 2.72 bits per heavy atom. The lowest BCUT2D eigenvalue weighted by atomic mass is 9.80. The summed E-state index contributed by atoms with van der Waals surface area (Å²) in [6.07, 6.45) is 11.5. The minimum Gasteiger partial charge on any atom is -0.347 e. The lowest BCUT2D eigenvalue weighted by Gasteiger charge is -2.27. The fourth-order valence-electron chi connectivity index (χ4n) is 5.60. The van der Waals surface area contributed by atoms with Crippen LogP contribution in [0.4, 0.5) is 0 Å². The minimum absolute atomic E-state index is 0.0924. The predicted molar refractivity (Wildman–Crippen MR) is 119 cm³/mol. The smallest absolute Gasteiger partial charge is 0.289 e. The van der Waals surface area contributed by atoms with E-state index in [0.717, 1.165) is 69.7 Å². The van der Waals surface area contributed by atoms with E-state index >= 15 is 0 Å². The summed E-state index contributed by atoms with van der Waals surface area (Å²) in [5.74, 6) is 1.40. The first-order valence-electron chi connectivity index (χ1n) is 12.0. The molecule has 1 N–H and O–H groups in total. The van der Waals surface area contributed by atoms with Crippen LogP contribution in [0.2, 0.25) is 0 Å². The Kier molecular flexibility index (Phi) is 5.93. The number of aryl methyl sites for hydroxylation is 1. The largest absolute Gasteiger partial charge is 0.347 e. The van der Waals surface area contributed by atoms with Crippen molar-refractivity contribution in [3.05, 3.63) is 41.7 Å². The number of fused-ring (bicyclic) bond motifs is 1. The number of carbonyl (C=O) groups excluding carboxylic acids is 2. The van der Waals surface area contributed by atoms with Gasteiger partial charge in [-0.3, -0.25) is 14.6 Å². The number of carbonyl (C=O) groups is 2. The van der Waals surface area contributed by atoms with E-state index in [9.17, 15) is 9.59 Å². The molecule has 3 aliphatic rings. The van der Waals surface area contributed by atoms with E-state index in [1.807, 2.05) is 27.7 Å². The molecule has 0 radical (unpaired) electrons. The van der Waals surface area contributed by atoms with Gasteiger partial charge in [-0.05, 0) is 49.7 Å². The maximum Gasteiger partial charge on any atom is 0.289 e. The highest BCUT2D eigenvalue weighted by Gasteiger charge is 2.41. The van der Waals surface area contributed by atoms with Gasteiger partial charge < -0.3 is 14.8 Å². The molecule has 2 amide bonds. The number of hydrogen-bond acceptors (Lipinski definition) is 5. The summed E-state index contributed by atoms with van der Waals surface area (Å²) >= 11 is 0. The number of pyridine rings is 1. The van der Waals surface area contributed by atoms with Crippen LogP contribution in [-0.4, -0.2) is 55.6 Å². The molecule has 1 saturated carbocycles. The van der Waals surface area contributed by atoms with Gasteiger partial charge in [-0.1, -0.05) is 25.3 Å². The zero-order chi connectivity index (χ0) is 22.0. The van der Waals surface area contributed by atoms with Gasteiger partial charge in [0.25, 0.3) is 5.91 Å². The summed E-state index contributed by atoms with van der Waals surface area (Å²) in [6.45, 7) is 2.31. The van der Waals surface area contributed by atoms with Crippen LogP contribution in [0.15, 0.2) is 24.4 Å². The highest BCUT2D eigenvalue weighted by molar-refractivity contribution is 5.91.